The average Bonchev–Trinajstić information content (AvgIpc) is 3.19. The maximum Gasteiger partial charge on any atom is 0.410 e. The van der Waals surface area contributed by atoms with Crippen molar-refractivity contribution in [1.29, 1.82) is 0 Å². The Morgan fingerprint density at radius 1 is 1.06 bits per heavy atom. The molecule has 0 spiro atoms. The second-order valence-electron chi connectivity index (χ2n) is 10.5. The van der Waals surface area contributed by atoms with Gasteiger partial charge < -0.3 is 19.3 Å². The fraction of sp³-hybridized carbons (Fsp3) is 0.615. The van der Waals surface area contributed by atoms with Crippen LogP contribution in [0.25, 0.3) is 10.6 Å². The largest absolute Gasteiger partial charge is 0.490 e. The van der Waals surface area contributed by atoms with Gasteiger partial charge in [-0.25, -0.2) is 9.78 Å². The first kappa shape index (κ1) is 22.7. The van der Waals surface area contributed by atoms with E-state index in [0.29, 0.717) is 19.2 Å². The molecule has 7 heteroatoms. The van der Waals surface area contributed by atoms with Crippen molar-refractivity contribution < 1.29 is 14.3 Å². The molecule has 2 aromatic rings. The van der Waals surface area contributed by atoms with Crippen LogP contribution in [0.4, 0.5) is 4.79 Å². The molecule has 6 nitrogen and oxygen atoms in total. The lowest BCUT2D eigenvalue weighted by molar-refractivity contribution is 0.00892. The third kappa shape index (κ3) is 5.35. The van der Waals surface area contributed by atoms with E-state index in [9.17, 15) is 4.79 Å². The molecule has 3 heterocycles. The zero-order valence-corrected chi connectivity index (χ0v) is 20.8. The van der Waals surface area contributed by atoms with Crippen molar-refractivity contribution in [2.75, 3.05) is 19.6 Å². The maximum absolute atomic E-state index is 12.4. The minimum atomic E-state index is -0.478. The molecular weight excluding hydrogens is 434 g/mol. The maximum atomic E-state index is 12.4. The normalized spacial score (nSPS) is 23.5. The summed E-state index contributed by atoms with van der Waals surface area (Å²) in [6.07, 6.45) is 7.25. The predicted octanol–water partition coefficient (Wildman–Crippen LogP) is 5.50. The monoisotopic (exact) mass is 469 g/mol. The van der Waals surface area contributed by atoms with Gasteiger partial charge >= 0.3 is 6.09 Å². The van der Waals surface area contributed by atoms with Crippen LogP contribution >= 0.6 is 11.3 Å². The number of hydrogen-bond acceptors (Lipinski definition) is 6. The van der Waals surface area contributed by atoms with Crippen molar-refractivity contribution in [2.45, 2.75) is 83.6 Å². The fourth-order valence-electron chi connectivity index (χ4n) is 4.89. The number of ether oxygens (including phenoxy) is 2. The minimum absolute atomic E-state index is 0.247. The molecule has 0 unspecified atom stereocenters. The molecule has 1 aliphatic carbocycles. The number of nitrogens with zero attached hydrogens (tertiary/aromatic N) is 3. The molecule has 0 radical (unpaired) electrons. The summed E-state index contributed by atoms with van der Waals surface area (Å²) < 4.78 is 11.8. The highest BCUT2D eigenvalue weighted by molar-refractivity contribution is 7.15. The number of likely N-dealkylation sites (tertiary alicyclic amines) is 1. The highest BCUT2D eigenvalue weighted by Gasteiger charge is 2.35. The van der Waals surface area contributed by atoms with E-state index < -0.39 is 5.60 Å². The van der Waals surface area contributed by atoms with Crippen molar-refractivity contribution >= 4 is 17.4 Å². The van der Waals surface area contributed by atoms with Crippen molar-refractivity contribution in [2.24, 2.45) is 0 Å². The first-order chi connectivity index (χ1) is 15.8. The summed E-state index contributed by atoms with van der Waals surface area (Å²) in [6.45, 7) is 9.45. The van der Waals surface area contributed by atoms with Crippen LogP contribution < -0.4 is 4.74 Å². The highest BCUT2D eigenvalue weighted by atomic mass is 32.1. The molecular formula is C26H35N3O3S. The lowest BCUT2D eigenvalue weighted by Gasteiger charge is -2.44. The van der Waals surface area contributed by atoms with Gasteiger partial charge in [0.1, 0.15) is 22.5 Å². The zero-order valence-electron chi connectivity index (χ0n) is 20.0. The number of thiazole rings is 1. The van der Waals surface area contributed by atoms with E-state index in [1.54, 1.807) is 16.2 Å². The minimum Gasteiger partial charge on any atom is -0.490 e. The average molecular weight is 470 g/mol. The number of amides is 1. The third-order valence-electron chi connectivity index (χ3n) is 6.76. The van der Waals surface area contributed by atoms with Gasteiger partial charge in [0.2, 0.25) is 0 Å². The van der Waals surface area contributed by atoms with Gasteiger partial charge in [-0.15, -0.1) is 11.3 Å². The number of aromatic nitrogens is 1. The van der Waals surface area contributed by atoms with Crippen LogP contribution in [-0.4, -0.2) is 58.3 Å². The lowest BCUT2D eigenvalue weighted by atomic mass is 9.86. The molecule has 1 aromatic carbocycles. The number of hydrogen-bond donors (Lipinski definition) is 0. The van der Waals surface area contributed by atoms with E-state index in [2.05, 4.69) is 29.2 Å². The number of piperidine rings is 1. The first-order valence-corrected chi connectivity index (χ1v) is 13.1. The second-order valence-corrected chi connectivity index (χ2v) is 11.6. The van der Waals surface area contributed by atoms with Crippen molar-refractivity contribution in [3.05, 3.63) is 34.8 Å². The molecule has 0 bridgehead atoms. The number of rotatable bonds is 4. The van der Waals surface area contributed by atoms with Crippen molar-refractivity contribution in [3.8, 4) is 16.3 Å². The Labute approximate surface area is 200 Å². The number of carbonyl (C=O) groups is 1. The van der Waals surface area contributed by atoms with E-state index in [1.807, 2.05) is 20.8 Å². The van der Waals surface area contributed by atoms with Gasteiger partial charge in [-0.1, -0.05) is 6.42 Å². The Balaban J connectivity index is 1.16. The van der Waals surface area contributed by atoms with E-state index in [0.717, 1.165) is 52.2 Å². The van der Waals surface area contributed by atoms with Crippen LogP contribution in [-0.2, 0) is 17.7 Å². The molecule has 2 fully saturated rings. The van der Waals surface area contributed by atoms with E-state index in [1.165, 1.54) is 32.4 Å². The molecule has 1 amide bonds. The molecule has 33 heavy (non-hydrogen) atoms. The number of carbonyl (C=O) groups excluding carboxylic acids is 1. The Kier molecular flexibility index (Phi) is 6.36. The quantitative estimate of drug-likeness (QED) is 0.592. The summed E-state index contributed by atoms with van der Waals surface area (Å²) in [4.78, 5) is 22.9. The molecule has 1 saturated carbocycles. The standard InChI is InChI=1S/C26H35N3O3S/c1-26(2,3)32-25(30)29-14-11-22-23(17-29)33-24(27-22)18-7-9-20(10-8-18)31-21-15-19(16-21)28-12-5-4-6-13-28/h7-10,19,21H,4-6,11-17H2,1-3H3/t19-,21-. The molecule has 0 atom stereocenters. The van der Waals surface area contributed by atoms with E-state index in [4.69, 9.17) is 14.5 Å². The van der Waals surface area contributed by atoms with Crippen LogP contribution in [0.5, 0.6) is 5.75 Å². The van der Waals surface area contributed by atoms with Gasteiger partial charge in [-0.3, -0.25) is 0 Å². The molecule has 1 saturated heterocycles. The second kappa shape index (κ2) is 9.26. The molecule has 178 valence electrons. The molecule has 5 rings (SSSR count). The van der Waals surface area contributed by atoms with Crippen LogP contribution in [0.15, 0.2) is 24.3 Å². The highest BCUT2D eigenvalue weighted by Crippen LogP contribution is 2.35. The van der Waals surface area contributed by atoms with Crippen LogP contribution in [0.2, 0.25) is 0 Å². The number of fused-ring (bicyclic) bond motifs is 1. The topological polar surface area (TPSA) is 54.9 Å². The molecule has 0 N–H and O–H groups in total. The van der Waals surface area contributed by atoms with Crippen molar-refractivity contribution in [3.63, 3.8) is 0 Å². The smallest absolute Gasteiger partial charge is 0.410 e. The van der Waals surface area contributed by atoms with Crippen LogP contribution in [0, 0.1) is 0 Å². The van der Waals surface area contributed by atoms with Gasteiger partial charge in [0.05, 0.1) is 12.2 Å². The SMILES string of the molecule is CC(C)(C)OC(=O)N1CCc2nc(-c3ccc(O[C@H]4C[C@H](N5CCCCC5)C4)cc3)sc2C1. The third-order valence-corrected chi connectivity index (χ3v) is 7.90. The Morgan fingerprint density at radius 2 is 1.79 bits per heavy atom. The van der Waals surface area contributed by atoms with Crippen LogP contribution in [0.3, 0.4) is 0 Å². The van der Waals surface area contributed by atoms with Gasteiger partial charge in [0, 0.05) is 42.3 Å². The van der Waals surface area contributed by atoms with Gasteiger partial charge in [0.15, 0.2) is 0 Å². The van der Waals surface area contributed by atoms with Gasteiger partial charge in [0.25, 0.3) is 0 Å². The summed E-state index contributed by atoms with van der Waals surface area (Å²) in [5.74, 6) is 0.943. The Hall–Kier alpha value is -2.12. The van der Waals surface area contributed by atoms with Gasteiger partial charge in [-0.2, -0.15) is 0 Å². The number of benzene rings is 1. The summed E-state index contributed by atoms with van der Waals surface area (Å²) in [5.41, 5.74) is 1.73. The summed E-state index contributed by atoms with van der Waals surface area (Å²) in [5, 5.41) is 1.01. The van der Waals surface area contributed by atoms with Crippen LogP contribution in [0.1, 0.15) is 63.4 Å². The zero-order chi connectivity index (χ0) is 23.0. The van der Waals surface area contributed by atoms with E-state index >= 15 is 0 Å². The van der Waals surface area contributed by atoms with Gasteiger partial charge in [-0.05, 0) is 71.0 Å². The first-order valence-electron chi connectivity index (χ1n) is 12.3. The molecule has 3 aliphatic rings. The Bertz CT molecular complexity index is 970. The van der Waals surface area contributed by atoms with Crippen molar-refractivity contribution in [1.82, 2.24) is 14.8 Å². The van der Waals surface area contributed by atoms with E-state index in [-0.39, 0.29) is 6.09 Å². The summed E-state index contributed by atoms with van der Waals surface area (Å²) in [6, 6.07) is 9.06. The molecule has 1 aromatic heterocycles. The fourth-order valence-corrected chi connectivity index (χ4v) is 6.01. The predicted molar refractivity (Wildman–Crippen MR) is 131 cm³/mol. The summed E-state index contributed by atoms with van der Waals surface area (Å²) >= 11 is 1.67. The lowest BCUT2D eigenvalue weighted by Crippen LogP contribution is -2.50. The summed E-state index contributed by atoms with van der Waals surface area (Å²) in [7, 11) is 0. The molecule has 2 aliphatic heterocycles. The Morgan fingerprint density at radius 3 is 2.48 bits per heavy atom.